The molecule has 1 aliphatic rings. The molecule has 0 spiro atoms. The fourth-order valence-corrected chi connectivity index (χ4v) is 3.53. The Balaban J connectivity index is 1.48. The van der Waals surface area contributed by atoms with E-state index >= 15 is 0 Å². The number of benzene rings is 1. The fourth-order valence-electron chi connectivity index (χ4n) is 3.53. The summed E-state index contributed by atoms with van der Waals surface area (Å²) < 4.78 is 5.78. The van der Waals surface area contributed by atoms with Gasteiger partial charge in [-0.15, -0.1) is 0 Å². The molecule has 2 heterocycles. The van der Waals surface area contributed by atoms with Crippen molar-refractivity contribution in [2.75, 3.05) is 51.8 Å². The van der Waals surface area contributed by atoms with Crippen molar-refractivity contribution in [3.63, 3.8) is 0 Å². The highest BCUT2D eigenvalue weighted by Crippen LogP contribution is 2.18. The van der Waals surface area contributed by atoms with Gasteiger partial charge in [0.1, 0.15) is 11.6 Å². The Kier molecular flexibility index (Phi) is 8.73. The molecule has 1 unspecified atom stereocenters. The number of aromatic nitrogens is 1. The van der Waals surface area contributed by atoms with E-state index in [2.05, 4.69) is 82.5 Å². The van der Waals surface area contributed by atoms with Gasteiger partial charge in [-0.25, -0.2) is 4.98 Å². The number of nitrogens with zero attached hydrogens (tertiary/aromatic N) is 4. The number of pyridine rings is 1. The smallest absolute Gasteiger partial charge is 0.191 e. The van der Waals surface area contributed by atoms with E-state index in [0.29, 0.717) is 12.5 Å². The lowest BCUT2D eigenvalue weighted by molar-refractivity contribution is 0.271. The third-order valence-corrected chi connectivity index (χ3v) is 5.64. The van der Waals surface area contributed by atoms with E-state index in [0.717, 1.165) is 55.9 Å². The standard InChI is InChI=1S/C25H38N6O/c1-19(2)18-32-23-9-7-22(8-10-23)20(3)29-25(26-4)28-17-21-6-11-24(27-16-21)31-14-12-30(5)13-15-31/h6-11,16,19-20H,12-15,17-18H2,1-5H3,(H2,26,28,29). The molecule has 1 saturated heterocycles. The number of aliphatic imine (C=N–C) groups is 1. The van der Waals surface area contributed by atoms with E-state index in [4.69, 9.17) is 4.74 Å². The molecule has 32 heavy (non-hydrogen) atoms. The van der Waals surface area contributed by atoms with Gasteiger partial charge in [0.15, 0.2) is 5.96 Å². The van der Waals surface area contributed by atoms with E-state index in [-0.39, 0.29) is 6.04 Å². The van der Waals surface area contributed by atoms with E-state index in [9.17, 15) is 0 Å². The molecule has 1 aromatic carbocycles. The second kappa shape index (κ2) is 11.7. The molecule has 0 aliphatic carbocycles. The number of likely N-dealkylation sites (N-methyl/N-ethyl adjacent to an activating group) is 1. The minimum absolute atomic E-state index is 0.123. The van der Waals surface area contributed by atoms with Crippen LogP contribution in [0.15, 0.2) is 47.6 Å². The SMILES string of the molecule is CN=C(NCc1ccc(N2CCN(C)CC2)nc1)NC(C)c1ccc(OCC(C)C)cc1. The number of guanidine groups is 1. The number of nitrogens with one attached hydrogen (secondary N) is 2. The quantitative estimate of drug-likeness (QED) is 0.487. The van der Waals surface area contributed by atoms with Gasteiger partial charge in [0, 0.05) is 46.0 Å². The summed E-state index contributed by atoms with van der Waals surface area (Å²) in [6.07, 6.45) is 1.95. The van der Waals surface area contributed by atoms with Gasteiger partial charge in [-0.05, 0) is 49.2 Å². The van der Waals surface area contributed by atoms with Gasteiger partial charge in [-0.1, -0.05) is 32.0 Å². The molecule has 0 bridgehead atoms. The monoisotopic (exact) mass is 438 g/mol. The molecule has 1 fully saturated rings. The Hall–Kier alpha value is -2.80. The number of hydrogen-bond donors (Lipinski definition) is 2. The summed E-state index contributed by atoms with van der Waals surface area (Å²) in [6, 6.07) is 12.6. The van der Waals surface area contributed by atoms with E-state index in [1.165, 1.54) is 5.56 Å². The molecule has 174 valence electrons. The maximum absolute atomic E-state index is 5.78. The average Bonchev–Trinajstić information content (AvgIpc) is 2.81. The zero-order valence-corrected chi connectivity index (χ0v) is 20.1. The van der Waals surface area contributed by atoms with Crippen LogP contribution < -0.4 is 20.3 Å². The van der Waals surface area contributed by atoms with Crippen molar-refractivity contribution in [2.45, 2.75) is 33.4 Å². The molecule has 7 heteroatoms. The lowest BCUT2D eigenvalue weighted by Crippen LogP contribution is -2.44. The minimum Gasteiger partial charge on any atom is -0.493 e. The van der Waals surface area contributed by atoms with Crippen molar-refractivity contribution in [1.82, 2.24) is 20.5 Å². The predicted octanol–water partition coefficient (Wildman–Crippen LogP) is 3.29. The van der Waals surface area contributed by atoms with Crippen molar-refractivity contribution in [2.24, 2.45) is 10.9 Å². The highest BCUT2D eigenvalue weighted by atomic mass is 16.5. The zero-order valence-electron chi connectivity index (χ0n) is 20.1. The third-order valence-electron chi connectivity index (χ3n) is 5.64. The summed E-state index contributed by atoms with van der Waals surface area (Å²) in [5.41, 5.74) is 2.31. The van der Waals surface area contributed by atoms with Crippen molar-refractivity contribution < 1.29 is 4.74 Å². The van der Waals surface area contributed by atoms with E-state index in [1.807, 2.05) is 18.3 Å². The van der Waals surface area contributed by atoms with Crippen LogP contribution in [-0.4, -0.2) is 62.7 Å². The molecule has 3 rings (SSSR count). The van der Waals surface area contributed by atoms with Gasteiger partial charge in [0.05, 0.1) is 12.6 Å². The van der Waals surface area contributed by atoms with Gasteiger partial charge in [0.25, 0.3) is 0 Å². The molecule has 0 radical (unpaired) electrons. The highest BCUT2D eigenvalue weighted by molar-refractivity contribution is 5.80. The first kappa shape index (κ1) is 23.9. The van der Waals surface area contributed by atoms with Crippen molar-refractivity contribution in [1.29, 1.82) is 0 Å². The van der Waals surface area contributed by atoms with Gasteiger partial charge in [-0.3, -0.25) is 4.99 Å². The zero-order chi connectivity index (χ0) is 22.9. The summed E-state index contributed by atoms with van der Waals surface area (Å²) in [7, 11) is 3.96. The second-order valence-corrected chi connectivity index (χ2v) is 8.88. The van der Waals surface area contributed by atoms with Crippen LogP contribution in [0.3, 0.4) is 0 Å². The first-order valence-electron chi connectivity index (χ1n) is 11.5. The number of hydrogen-bond acceptors (Lipinski definition) is 5. The summed E-state index contributed by atoms with van der Waals surface area (Å²) in [4.78, 5) is 13.7. The molecule has 0 saturated carbocycles. The van der Waals surface area contributed by atoms with E-state index < -0.39 is 0 Å². The second-order valence-electron chi connectivity index (χ2n) is 8.88. The van der Waals surface area contributed by atoms with E-state index in [1.54, 1.807) is 7.05 Å². The maximum Gasteiger partial charge on any atom is 0.191 e. The molecule has 1 atom stereocenters. The summed E-state index contributed by atoms with van der Waals surface area (Å²) in [6.45, 7) is 12.1. The van der Waals surface area contributed by atoms with Gasteiger partial charge in [0.2, 0.25) is 0 Å². The van der Waals surface area contributed by atoms with Crippen LogP contribution >= 0.6 is 0 Å². The van der Waals surface area contributed by atoms with Gasteiger partial charge in [-0.2, -0.15) is 0 Å². The van der Waals surface area contributed by atoms with Crippen LogP contribution in [0.1, 0.15) is 37.9 Å². The molecule has 1 aliphatic heterocycles. The Bertz CT molecular complexity index is 842. The van der Waals surface area contributed by atoms with Crippen LogP contribution in [0.25, 0.3) is 0 Å². The minimum atomic E-state index is 0.123. The van der Waals surface area contributed by atoms with Crippen molar-refractivity contribution in [3.8, 4) is 5.75 Å². The molecular formula is C25H38N6O. The van der Waals surface area contributed by atoms with Crippen molar-refractivity contribution >= 4 is 11.8 Å². The van der Waals surface area contributed by atoms with Gasteiger partial charge >= 0.3 is 0 Å². The molecule has 0 amide bonds. The summed E-state index contributed by atoms with van der Waals surface area (Å²) in [5.74, 6) is 3.24. The Morgan fingerprint density at radius 3 is 2.38 bits per heavy atom. The highest BCUT2D eigenvalue weighted by Gasteiger charge is 2.15. The largest absolute Gasteiger partial charge is 0.493 e. The molecule has 7 nitrogen and oxygen atoms in total. The Morgan fingerprint density at radius 1 is 1.06 bits per heavy atom. The summed E-state index contributed by atoms with van der Waals surface area (Å²) in [5, 5.41) is 6.84. The lowest BCUT2D eigenvalue weighted by atomic mass is 10.1. The Labute approximate surface area is 192 Å². The molecule has 1 aromatic heterocycles. The Morgan fingerprint density at radius 2 is 1.78 bits per heavy atom. The van der Waals surface area contributed by atoms with Crippen LogP contribution in [0, 0.1) is 5.92 Å². The normalized spacial score (nSPS) is 16.2. The van der Waals surface area contributed by atoms with Crippen molar-refractivity contribution in [3.05, 3.63) is 53.7 Å². The maximum atomic E-state index is 5.78. The fraction of sp³-hybridized carbons (Fsp3) is 0.520. The van der Waals surface area contributed by atoms with Crippen LogP contribution in [-0.2, 0) is 6.54 Å². The van der Waals surface area contributed by atoms with Crippen LogP contribution in [0.2, 0.25) is 0 Å². The number of anilines is 1. The van der Waals surface area contributed by atoms with Crippen LogP contribution in [0.4, 0.5) is 5.82 Å². The summed E-state index contributed by atoms with van der Waals surface area (Å²) >= 11 is 0. The number of ether oxygens (including phenoxy) is 1. The lowest BCUT2D eigenvalue weighted by Gasteiger charge is -2.33. The van der Waals surface area contributed by atoms with Gasteiger partial charge < -0.3 is 25.2 Å². The average molecular weight is 439 g/mol. The molecule has 2 aromatic rings. The predicted molar refractivity (Wildman–Crippen MR) is 132 cm³/mol. The number of rotatable bonds is 8. The topological polar surface area (TPSA) is 65.0 Å². The molecular weight excluding hydrogens is 400 g/mol. The van der Waals surface area contributed by atoms with Crippen LogP contribution in [0.5, 0.6) is 5.75 Å². The first-order valence-corrected chi connectivity index (χ1v) is 11.5. The third kappa shape index (κ3) is 7.12. The first-order chi connectivity index (χ1) is 15.4. The molecule has 2 N–H and O–H groups in total. The number of piperazine rings is 1.